The maximum atomic E-state index is 12.1. The van der Waals surface area contributed by atoms with Crippen LogP contribution in [0.5, 0.6) is 5.75 Å². The van der Waals surface area contributed by atoms with Crippen LogP contribution < -0.4 is 4.74 Å². The minimum Gasteiger partial charge on any atom is -0.476 e. The molecule has 0 N–H and O–H groups in total. The van der Waals surface area contributed by atoms with E-state index in [0.29, 0.717) is 12.4 Å². The highest BCUT2D eigenvalue weighted by Crippen LogP contribution is 2.34. The third-order valence-corrected chi connectivity index (χ3v) is 4.52. The summed E-state index contributed by atoms with van der Waals surface area (Å²) in [5.74, 6) is 0.271. The van der Waals surface area contributed by atoms with Crippen molar-refractivity contribution in [2.45, 2.75) is 33.3 Å². The number of fused-ring (bicyclic) bond motifs is 1. The summed E-state index contributed by atoms with van der Waals surface area (Å²) in [4.78, 5) is 16.2. The van der Waals surface area contributed by atoms with Gasteiger partial charge in [0.2, 0.25) is 0 Å². The standard InChI is InChI=1S/C21H24N2O3/c1-6-25-20(24)21(3,4)26-16-7-8-18-17(13-16)14(2)19(23(18)5)15-9-11-22-12-10-15/h7-13H,6H2,1-5H3. The van der Waals surface area contributed by atoms with Crippen molar-refractivity contribution >= 4 is 16.9 Å². The second-order valence-corrected chi connectivity index (χ2v) is 6.78. The molecule has 2 aromatic heterocycles. The molecule has 0 amide bonds. The molecule has 5 heteroatoms. The summed E-state index contributed by atoms with van der Waals surface area (Å²) in [7, 11) is 2.05. The summed E-state index contributed by atoms with van der Waals surface area (Å²) in [5.41, 5.74) is 3.48. The van der Waals surface area contributed by atoms with E-state index in [1.54, 1.807) is 33.2 Å². The van der Waals surface area contributed by atoms with Gasteiger partial charge in [0.25, 0.3) is 0 Å². The SMILES string of the molecule is CCOC(=O)C(C)(C)Oc1ccc2c(c1)c(C)c(-c1ccncc1)n2C. The van der Waals surface area contributed by atoms with Gasteiger partial charge < -0.3 is 14.0 Å². The second-order valence-electron chi connectivity index (χ2n) is 6.78. The number of nitrogens with zero attached hydrogens (tertiary/aromatic N) is 2. The second kappa shape index (κ2) is 6.83. The molecule has 2 heterocycles. The fourth-order valence-corrected chi connectivity index (χ4v) is 3.23. The molecule has 0 aliphatic carbocycles. The van der Waals surface area contributed by atoms with E-state index in [9.17, 15) is 4.79 Å². The zero-order valence-corrected chi connectivity index (χ0v) is 15.9. The Morgan fingerprint density at radius 2 is 1.88 bits per heavy atom. The Bertz CT molecular complexity index is 943. The van der Waals surface area contributed by atoms with Crippen LogP contribution in [0.1, 0.15) is 26.3 Å². The van der Waals surface area contributed by atoms with E-state index < -0.39 is 5.60 Å². The van der Waals surface area contributed by atoms with Crippen molar-refractivity contribution in [3.63, 3.8) is 0 Å². The molecule has 1 aromatic carbocycles. The van der Waals surface area contributed by atoms with Crippen molar-refractivity contribution in [2.24, 2.45) is 7.05 Å². The first-order valence-electron chi connectivity index (χ1n) is 8.71. The van der Waals surface area contributed by atoms with Gasteiger partial charge in [-0.15, -0.1) is 0 Å². The molecular weight excluding hydrogens is 328 g/mol. The van der Waals surface area contributed by atoms with E-state index in [1.165, 1.54) is 0 Å². The van der Waals surface area contributed by atoms with E-state index in [2.05, 4.69) is 16.5 Å². The van der Waals surface area contributed by atoms with Crippen LogP contribution in [0, 0.1) is 6.92 Å². The van der Waals surface area contributed by atoms with E-state index in [0.717, 1.165) is 27.7 Å². The number of ether oxygens (including phenoxy) is 2. The molecule has 0 bridgehead atoms. The van der Waals surface area contributed by atoms with Gasteiger partial charge in [-0.25, -0.2) is 4.79 Å². The zero-order chi connectivity index (χ0) is 18.9. The number of rotatable bonds is 5. The Labute approximate surface area is 153 Å². The summed E-state index contributed by atoms with van der Waals surface area (Å²) < 4.78 is 13.2. The van der Waals surface area contributed by atoms with Crippen LogP contribution in [-0.2, 0) is 16.6 Å². The molecule has 0 saturated heterocycles. The summed E-state index contributed by atoms with van der Waals surface area (Å²) in [5, 5.41) is 1.09. The minimum absolute atomic E-state index is 0.331. The average molecular weight is 352 g/mol. The Balaban J connectivity index is 2.02. The molecule has 0 fully saturated rings. The fraction of sp³-hybridized carbons (Fsp3) is 0.333. The number of carbonyl (C=O) groups excluding carboxylic acids is 1. The van der Waals surface area contributed by atoms with Gasteiger partial charge in [0.1, 0.15) is 5.75 Å². The number of carbonyl (C=O) groups is 1. The first-order chi connectivity index (χ1) is 12.3. The van der Waals surface area contributed by atoms with Gasteiger partial charge in [-0.1, -0.05) is 0 Å². The number of aryl methyl sites for hydroxylation is 2. The van der Waals surface area contributed by atoms with Crippen molar-refractivity contribution in [1.29, 1.82) is 0 Å². The molecule has 0 spiro atoms. The largest absolute Gasteiger partial charge is 0.476 e. The van der Waals surface area contributed by atoms with Crippen LogP contribution >= 0.6 is 0 Å². The zero-order valence-electron chi connectivity index (χ0n) is 15.9. The highest BCUT2D eigenvalue weighted by atomic mass is 16.6. The highest BCUT2D eigenvalue weighted by Gasteiger charge is 2.31. The number of esters is 1. The van der Waals surface area contributed by atoms with Gasteiger partial charge in [-0.2, -0.15) is 0 Å². The quantitative estimate of drug-likeness (QED) is 0.644. The van der Waals surface area contributed by atoms with Gasteiger partial charge in [0, 0.05) is 35.9 Å². The summed E-state index contributed by atoms with van der Waals surface area (Å²) in [6.45, 7) is 7.65. The Morgan fingerprint density at radius 1 is 1.19 bits per heavy atom. The van der Waals surface area contributed by atoms with Crippen molar-refractivity contribution in [3.05, 3.63) is 48.3 Å². The minimum atomic E-state index is -1.04. The predicted molar refractivity (Wildman–Crippen MR) is 102 cm³/mol. The lowest BCUT2D eigenvalue weighted by Gasteiger charge is -2.24. The first kappa shape index (κ1) is 18.0. The molecule has 0 aliphatic rings. The van der Waals surface area contributed by atoms with Crippen LogP contribution in [-0.4, -0.2) is 27.7 Å². The summed E-state index contributed by atoms with van der Waals surface area (Å²) in [6.07, 6.45) is 3.59. The van der Waals surface area contributed by atoms with Gasteiger partial charge in [0.05, 0.1) is 12.3 Å². The summed E-state index contributed by atoms with van der Waals surface area (Å²) >= 11 is 0. The molecule has 0 unspecified atom stereocenters. The van der Waals surface area contributed by atoms with Gasteiger partial charge in [-0.3, -0.25) is 4.98 Å². The summed E-state index contributed by atoms with van der Waals surface area (Å²) in [6, 6.07) is 9.89. The molecule has 136 valence electrons. The molecule has 3 rings (SSSR count). The normalized spacial score (nSPS) is 11.6. The van der Waals surface area contributed by atoms with Crippen LogP contribution in [0.3, 0.4) is 0 Å². The van der Waals surface area contributed by atoms with Crippen LogP contribution in [0.4, 0.5) is 0 Å². The molecule has 0 radical (unpaired) electrons. The van der Waals surface area contributed by atoms with Crippen molar-refractivity contribution in [1.82, 2.24) is 9.55 Å². The maximum Gasteiger partial charge on any atom is 0.349 e. The number of benzene rings is 1. The molecular formula is C21H24N2O3. The van der Waals surface area contributed by atoms with Gasteiger partial charge in [0.15, 0.2) is 5.60 Å². The van der Waals surface area contributed by atoms with Crippen molar-refractivity contribution < 1.29 is 14.3 Å². The molecule has 26 heavy (non-hydrogen) atoms. The van der Waals surface area contributed by atoms with E-state index in [1.807, 2.05) is 37.4 Å². The maximum absolute atomic E-state index is 12.1. The Hall–Kier alpha value is -2.82. The Morgan fingerprint density at radius 3 is 2.54 bits per heavy atom. The molecule has 5 nitrogen and oxygen atoms in total. The van der Waals surface area contributed by atoms with E-state index in [-0.39, 0.29) is 5.97 Å². The smallest absolute Gasteiger partial charge is 0.349 e. The van der Waals surface area contributed by atoms with Crippen LogP contribution in [0.2, 0.25) is 0 Å². The highest BCUT2D eigenvalue weighted by molar-refractivity contribution is 5.92. The third kappa shape index (κ3) is 3.17. The number of hydrogen-bond acceptors (Lipinski definition) is 4. The van der Waals surface area contributed by atoms with Crippen LogP contribution in [0.15, 0.2) is 42.7 Å². The number of hydrogen-bond donors (Lipinski definition) is 0. The lowest BCUT2D eigenvalue weighted by atomic mass is 10.1. The van der Waals surface area contributed by atoms with E-state index >= 15 is 0 Å². The third-order valence-electron chi connectivity index (χ3n) is 4.52. The molecule has 0 saturated carbocycles. The first-order valence-corrected chi connectivity index (χ1v) is 8.71. The topological polar surface area (TPSA) is 53.4 Å². The Kier molecular flexibility index (Phi) is 4.72. The van der Waals surface area contributed by atoms with E-state index in [4.69, 9.17) is 9.47 Å². The van der Waals surface area contributed by atoms with Crippen molar-refractivity contribution in [2.75, 3.05) is 6.61 Å². The number of pyridine rings is 1. The molecule has 0 aliphatic heterocycles. The van der Waals surface area contributed by atoms with Gasteiger partial charge in [-0.05, 0) is 63.6 Å². The van der Waals surface area contributed by atoms with Crippen molar-refractivity contribution in [3.8, 4) is 17.0 Å². The predicted octanol–water partition coefficient (Wildman–Crippen LogP) is 4.27. The molecule has 0 atom stereocenters. The van der Waals surface area contributed by atoms with Crippen LogP contribution in [0.25, 0.3) is 22.2 Å². The monoisotopic (exact) mass is 352 g/mol. The lowest BCUT2D eigenvalue weighted by molar-refractivity contribution is -0.158. The average Bonchev–Trinajstić information content (AvgIpc) is 2.86. The van der Waals surface area contributed by atoms with Gasteiger partial charge >= 0.3 is 5.97 Å². The number of aromatic nitrogens is 2. The molecule has 3 aromatic rings. The fourth-order valence-electron chi connectivity index (χ4n) is 3.23. The lowest BCUT2D eigenvalue weighted by Crippen LogP contribution is -2.39.